The van der Waals surface area contributed by atoms with Crippen LogP contribution >= 0.6 is 0 Å². The van der Waals surface area contributed by atoms with E-state index in [1.54, 1.807) is 23.1 Å². The van der Waals surface area contributed by atoms with Crippen molar-refractivity contribution in [3.8, 4) is 34.0 Å². The molecule has 4 heterocycles. The van der Waals surface area contributed by atoms with Crippen molar-refractivity contribution in [1.29, 1.82) is 0 Å². The quantitative estimate of drug-likeness (QED) is 0.364. The zero-order valence-electron chi connectivity index (χ0n) is 19.0. The number of benzene rings is 1. The van der Waals surface area contributed by atoms with Gasteiger partial charge in [0.25, 0.3) is 0 Å². The van der Waals surface area contributed by atoms with Gasteiger partial charge < -0.3 is 8.98 Å². The second kappa shape index (κ2) is 7.84. The van der Waals surface area contributed by atoms with Gasteiger partial charge in [0.05, 0.1) is 28.7 Å². The lowest BCUT2D eigenvalue weighted by Gasteiger charge is -2.33. The Bertz CT molecular complexity index is 1660. The average molecular weight is 493 g/mol. The van der Waals surface area contributed by atoms with Crippen LogP contribution in [0.15, 0.2) is 59.8 Å². The Kier molecular flexibility index (Phi) is 4.85. The van der Waals surface area contributed by atoms with E-state index in [4.69, 9.17) is 9.52 Å². The predicted molar refractivity (Wildman–Crippen MR) is 128 cm³/mol. The van der Waals surface area contributed by atoms with Crippen molar-refractivity contribution in [3.05, 3.63) is 61.2 Å². The normalized spacial score (nSPS) is 18.1. The van der Waals surface area contributed by atoms with Crippen molar-refractivity contribution in [2.24, 2.45) is 7.05 Å². The zero-order valence-corrected chi connectivity index (χ0v) is 19.8. The van der Waals surface area contributed by atoms with Gasteiger partial charge in [0.1, 0.15) is 33.4 Å². The summed E-state index contributed by atoms with van der Waals surface area (Å²) in [6, 6.07) is 7.90. The molecule has 1 aliphatic rings. The molecule has 5 aromatic rings. The number of aryl methyl sites for hydroxylation is 1. The molecule has 0 saturated heterocycles. The van der Waals surface area contributed by atoms with Crippen LogP contribution in [-0.4, -0.2) is 49.2 Å². The Morgan fingerprint density at radius 1 is 1.06 bits per heavy atom. The first-order valence-corrected chi connectivity index (χ1v) is 13.0. The lowest BCUT2D eigenvalue weighted by molar-refractivity contribution is 0.291. The number of furan rings is 1. The van der Waals surface area contributed by atoms with E-state index in [2.05, 4.69) is 15.0 Å². The molecule has 1 aliphatic carbocycles. The van der Waals surface area contributed by atoms with Crippen LogP contribution in [-0.2, 0) is 16.9 Å². The van der Waals surface area contributed by atoms with Crippen molar-refractivity contribution in [1.82, 2.24) is 29.3 Å². The predicted octanol–water partition coefficient (Wildman–Crippen LogP) is 4.04. The van der Waals surface area contributed by atoms with Crippen molar-refractivity contribution in [3.63, 3.8) is 0 Å². The summed E-state index contributed by atoms with van der Waals surface area (Å²) in [6.07, 6.45) is 9.10. The summed E-state index contributed by atoms with van der Waals surface area (Å²) < 4.78 is 47.0. The van der Waals surface area contributed by atoms with Gasteiger partial charge in [0.2, 0.25) is 5.71 Å². The summed E-state index contributed by atoms with van der Waals surface area (Å²) in [5, 5.41) is 5.12. The van der Waals surface area contributed by atoms with Crippen LogP contribution in [0.1, 0.15) is 18.9 Å². The maximum atomic E-state index is 13.6. The number of sulfone groups is 1. The Hall–Kier alpha value is -3.86. The highest BCUT2D eigenvalue weighted by Gasteiger charge is 2.38. The minimum absolute atomic E-state index is 0.0477. The van der Waals surface area contributed by atoms with Crippen molar-refractivity contribution < 1.29 is 17.2 Å². The maximum absolute atomic E-state index is 13.6. The molecule has 4 aromatic heterocycles. The van der Waals surface area contributed by atoms with Crippen LogP contribution in [0.5, 0.6) is 0 Å². The summed E-state index contributed by atoms with van der Waals surface area (Å²) in [5.74, 6) is 0.219. The summed E-state index contributed by atoms with van der Waals surface area (Å²) in [7, 11) is -1.22. The molecule has 35 heavy (non-hydrogen) atoms. The average Bonchev–Trinajstić information content (AvgIpc) is 3.50. The molecular weight excluding hydrogens is 471 g/mol. The second-order valence-electron chi connectivity index (χ2n) is 8.93. The fraction of sp³-hybridized carbons (Fsp3) is 0.250. The molecular formula is C24H21FN6O3S. The third kappa shape index (κ3) is 3.81. The van der Waals surface area contributed by atoms with E-state index in [9.17, 15) is 12.8 Å². The molecule has 0 bridgehead atoms. The third-order valence-corrected chi connectivity index (χ3v) is 8.04. The standard InChI is InChI=1S/C24H21FN6O3S/c1-30-11-20(28-13-30)21-9-18-23(26-12-27-24(18)34-21)19-10-31(16-7-17(8-16)35(2,32)33)29-22(19)14-3-5-15(25)6-4-14/h3-6,9-13,16-17H,7-8H2,1-2H3/t16-,17+. The van der Waals surface area contributed by atoms with Crippen molar-refractivity contribution in [2.45, 2.75) is 24.1 Å². The molecule has 0 spiro atoms. The number of fused-ring (bicyclic) bond motifs is 1. The van der Waals surface area contributed by atoms with Crippen LogP contribution in [0, 0.1) is 5.82 Å². The number of hydrogen-bond acceptors (Lipinski definition) is 7. The highest BCUT2D eigenvalue weighted by molar-refractivity contribution is 7.91. The Morgan fingerprint density at radius 2 is 1.83 bits per heavy atom. The Labute approximate surface area is 200 Å². The SMILES string of the molecule is Cn1cnc(-c2cc3c(-c4cn([C@H]5C[C@@H](S(C)(=O)=O)C5)nc4-c4ccc(F)cc4)ncnc3o2)c1. The summed E-state index contributed by atoms with van der Waals surface area (Å²) in [5.41, 5.74) is 3.76. The van der Waals surface area contributed by atoms with Crippen LogP contribution in [0.3, 0.4) is 0 Å². The van der Waals surface area contributed by atoms with Crippen LogP contribution < -0.4 is 0 Å². The lowest BCUT2D eigenvalue weighted by Crippen LogP contribution is -2.37. The Balaban J connectivity index is 1.48. The first-order valence-electron chi connectivity index (χ1n) is 11.0. The Morgan fingerprint density at radius 3 is 2.51 bits per heavy atom. The molecule has 0 N–H and O–H groups in total. The van der Waals surface area contributed by atoms with E-state index in [-0.39, 0.29) is 17.1 Å². The van der Waals surface area contributed by atoms with Crippen LogP contribution in [0.4, 0.5) is 4.39 Å². The number of halogens is 1. The van der Waals surface area contributed by atoms with Crippen molar-refractivity contribution >= 4 is 20.9 Å². The monoisotopic (exact) mass is 492 g/mol. The number of nitrogens with zero attached hydrogens (tertiary/aromatic N) is 6. The van der Waals surface area contributed by atoms with E-state index in [0.717, 1.165) is 11.1 Å². The molecule has 0 amide bonds. The van der Waals surface area contributed by atoms with Gasteiger partial charge >= 0.3 is 0 Å². The summed E-state index contributed by atoms with van der Waals surface area (Å²) in [6.45, 7) is 0. The lowest BCUT2D eigenvalue weighted by atomic mass is 9.92. The van der Waals surface area contributed by atoms with E-state index in [0.29, 0.717) is 46.8 Å². The zero-order chi connectivity index (χ0) is 24.3. The molecule has 1 fully saturated rings. The molecule has 9 nitrogen and oxygen atoms in total. The number of imidazole rings is 1. The van der Waals surface area contributed by atoms with Gasteiger partial charge in [0, 0.05) is 36.8 Å². The molecule has 178 valence electrons. The highest BCUT2D eigenvalue weighted by atomic mass is 32.2. The second-order valence-corrected chi connectivity index (χ2v) is 11.3. The topological polar surface area (TPSA) is 109 Å². The smallest absolute Gasteiger partial charge is 0.230 e. The molecule has 11 heteroatoms. The highest BCUT2D eigenvalue weighted by Crippen LogP contribution is 2.41. The maximum Gasteiger partial charge on any atom is 0.230 e. The van der Waals surface area contributed by atoms with Gasteiger partial charge in [0.15, 0.2) is 5.76 Å². The molecule has 0 radical (unpaired) electrons. The molecule has 0 aliphatic heterocycles. The summed E-state index contributed by atoms with van der Waals surface area (Å²) in [4.78, 5) is 13.2. The van der Waals surface area contributed by atoms with E-state index in [1.807, 2.05) is 30.1 Å². The molecule has 1 aromatic carbocycles. The van der Waals surface area contributed by atoms with Crippen LogP contribution in [0.2, 0.25) is 0 Å². The van der Waals surface area contributed by atoms with Gasteiger partial charge in [-0.15, -0.1) is 0 Å². The molecule has 6 rings (SSSR count). The molecule has 0 unspecified atom stereocenters. The largest absolute Gasteiger partial charge is 0.436 e. The number of hydrogen-bond donors (Lipinski definition) is 0. The van der Waals surface area contributed by atoms with Gasteiger partial charge in [-0.1, -0.05) is 0 Å². The van der Waals surface area contributed by atoms with Gasteiger partial charge in [-0.05, 0) is 43.2 Å². The fourth-order valence-corrected chi connectivity index (χ4v) is 5.56. The van der Waals surface area contributed by atoms with Crippen molar-refractivity contribution in [2.75, 3.05) is 6.26 Å². The minimum Gasteiger partial charge on any atom is -0.436 e. The molecule has 0 atom stereocenters. The number of rotatable bonds is 5. The third-order valence-electron chi connectivity index (χ3n) is 6.44. The van der Waals surface area contributed by atoms with E-state index < -0.39 is 9.84 Å². The number of aromatic nitrogens is 6. The summed E-state index contributed by atoms with van der Waals surface area (Å²) >= 11 is 0. The van der Waals surface area contributed by atoms with E-state index in [1.165, 1.54) is 24.7 Å². The van der Waals surface area contributed by atoms with Gasteiger partial charge in [-0.3, -0.25) is 4.68 Å². The van der Waals surface area contributed by atoms with Gasteiger partial charge in [-0.2, -0.15) is 5.10 Å². The molecule has 1 saturated carbocycles. The first-order chi connectivity index (χ1) is 16.8. The van der Waals surface area contributed by atoms with Crippen LogP contribution in [0.25, 0.3) is 45.1 Å². The fourth-order valence-electron chi connectivity index (χ4n) is 4.41. The minimum atomic E-state index is -3.09. The van der Waals surface area contributed by atoms with Gasteiger partial charge in [-0.25, -0.2) is 27.8 Å². The first kappa shape index (κ1) is 21.7. The van der Waals surface area contributed by atoms with E-state index >= 15 is 0 Å².